The number of hydrogen-bond donors (Lipinski definition) is 1. The molecule has 0 aliphatic rings. The molecule has 1 aromatic rings. The van der Waals surface area contributed by atoms with Gasteiger partial charge in [0.05, 0.1) is 5.69 Å². The molecule has 0 unspecified atom stereocenters. The van der Waals surface area contributed by atoms with E-state index in [1.165, 1.54) is 12.1 Å². The summed E-state index contributed by atoms with van der Waals surface area (Å²) in [7, 11) is 0. The lowest BCUT2D eigenvalue weighted by Gasteiger charge is -2.09. The molecule has 1 rings (SSSR count). The van der Waals surface area contributed by atoms with Gasteiger partial charge >= 0.3 is 6.18 Å². The van der Waals surface area contributed by atoms with E-state index >= 15 is 0 Å². The molecule has 1 aromatic carbocycles. The zero-order valence-corrected chi connectivity index (χ0v) is 8.24. The molecular formula is C10H10F5N. The fourth-order valence-electron chi connectivity index (χ4n) is 1.15. The summed E-state index contributed by atoms with van der Waals surface area (Å²) in [5.74, 6) is -2.10. The van der Waals surface area contributed by atoms with Crippen molar-refractivity contribution in [1.29, 1.82) is 0 Å². The maximum absolute atomic E-state index is 13.0. The lowest BCUT2D eigenvalue weighted by Crippen LogP contribution is -2.11. The van der Waals surface area contributed by atoms with Gasteiger partial charge in [-0.25, -0.2) is 8.78 Å². The van der Waals surface area contributed by atoms with E-state index in [4.69, 9.17) is 0 Å². The van der Waals surface area contributed by atoms with Gasteiger partial charge in [0.15, 0.2) is 11.6 Å². The molecule has 0 aromatic heterocycles. The molecule has 0 saturated carbocycles. The van der Waals surface area contributed by atoms with Crippen LogP contribution < -0.4 is 5.32 Å². The SMILES string of the molecule is Fc1cccc(NCCCC(F)(F)F)c1F. The molecule has 90 valence electrons. The van der Waals surface area contributed by atoms with Crippen LogP contribution in [-0.2, 0) is 0 Å². The molecule has 6 heteroatoms. The first kappa shape index (κ1) is 12.7. The van der Waals surface area contributed by atoms with E-state index in [2.05, 4.69) is 5.32 Å². The number of hydrogen-bond acceptors (Lipinski definition) is 1. The Hall–Kier alpha value is -1.33. The zero-order chi connectivity index (χ0) is 12.2. The van der Waals surface area contributed by atoms with Crippen molar-refractivity contribution in [3.05, 3.63) is 29.8 Å². The van der Waals surface area contributed by atoms with Crippen molar-refractivity contribution in [2.45, 2.75) is 19.0 Å². The van der Waals surface area contributed by atoms with Crippen LogP contribution in [0.1, 0.15) is 12.8 Å². The van der Waals surface area contributed by atoms with Crippen molar-refractivity contribution in [3.63, 3.8) is 0 Å². The van der Waals surface area contributed by atoms with Crippen LogP contribution in [0.4, 0.5) is 27.6 Å². The van der Waals surface area contributed by atoms with Crippen LogP contribution in [0.15, 0.2) is 18.2 Å². The number of alkyl halides is 3. The summed E-state index contributed by atoms with van der Waals surface area (Å²) >= 11 is 0. The van der Waals surface area contributed by atoms with E-state index in [0.717, 1.165) is 6.07 Å². The number of benzene rings is 1. The third kappa shape index (κ3) is 4.04. The summed E-state index contributed by atoms with van der Waals surface area (Å²) in [6.07, 6.45) is -5.35. The normalized spacial score (nSPS) is 11.6. The quantitative estimate of drug-likeness (QED) is 0.623. The van der Waals surface area contributed by atoms with Crippen LogP contribution in [0.3, 0.4) is 0 Å². The Bertz CT molecular complexity index is 348. The molecule has 0 bridgehead atoms. The van der Waals surface area contributed by atoms with E-state index in [1.807, 2.05) is 0 Å². The molecule has 0 saturated heterocycles. The summed E-state index contributed by atoms with van der Waals surface area (Å²) in [6.45, 7) is -0.0557. The molecule has 1 N–H and O–H groups in total. The van der Waals surface area contributed by atoms with E-state index < -0.39 is 24.2 Å². The van der Waals surface area contributed by atoms with Gasteiger partial charge in [-0.3, -0.25) is 0 Å². The molecule has 1 nitrogen and oxygen atoms in total. The fraction of sp³-hybridized carbons (Fsp3) is 0.400. The van der Waals surface area contributed by atoms with Gasteiger partial charge in [0.2, 0.25) is 0 Å². The maximum Gasteiger partial charge on any atom is 0.389 e. The molecular weight excluding hydrogens is 229 g/mol. The summed E-state index contributed by atoms with van der Waals surface area (Å²) in [5.41, 5.74) is -0.123. The fourth-order valence-corrected chi connectivity index (χ4v) is 1.15. The maximum atomic E-state index is 13.0. The van der Waals surface area contributed by atoms with Gasteiger partial charge in [-0.05, 0) is 18.6 Å². The molecule has 0 heterocycles. The monoisotopic (exact) mass is 239 g/mol. The van der Waals surface area contributed by atoms with Crippen LogP contribution in [0.2, 0.25) is 0 Å². The van der Waals surface area contributed by atoms with Crippen molar-refractivity contribution in [2.75, 3.05) is 11.9 Å². The van der Waals surface area contributed by atoms with E-state index in [9.17, 15) is 22.0 Å². The highest BCUT2D eigenvalue weighted by atomic mass is 19.4. The Morgan fingerprint density at radius 1 is 1.12 bits per heavy atom. The van der Waals surface area contributed by atoms with Crippen molar-refractivity contribution in [2.24, 2.45) is 0 Å². The van der Waals surface area contributed by atoms with Gasteiger partial charge in [-0.1, -0.05) is 6.07 Å². The number of anilines is 1. The highest BCUT2D eigenvalue weighted by molar-refractivity contribution is 5.44. The molecule has 0 aliphatic carbocycles. The van der Waals surface area contributed by atoms with E-state index in [1.54, 1.807) is 0 Å². The molecule has 0 atom stereocenters. The van der Waals surface area contributed by atoms with Gasteiger partial charge < -0.3 is 5.32 Å². The second-order valence-corrected chi connectivity index (χ2v) is 3.25. The minimum Gasteiger partial charge on any atom is -0.383 e. The van der Waals surface area contributed by atoms with Gasteiger partial charge in [-0.2, -0.15) is 13.2 Å². The van der Waals surface area contributed by atoms with Crippen LogP contribution >= 0.6 is 0 Å². The zero-order valence-electron chi connectivity index (χ0n) is 8.24. The largest absolute Gasteiger partial charge is 0.389 e. The first-order valence-electron chi connectivity index (χ1n) is 4.65. The summed E-state index contributed by atoms with van der Waals surface area (Å²) in [6, 6.07) is 3.49. The minimum atomic E-state index is -4.22. The average Bonchev–Trinajstić information content (AvgIpc) is 2.17. The summed E-state index contributed by atoms with van der Waals surface area (Å²) in [5, 5.41) is 2.41. The molecule has 0 aliphatic heterocycles. The number of rotatable bonds is 4. The third-order valence-electron chi connectivity index (χ3n) is 1.90. The average molecular weight is 239 g/mol. The Morgan fingerprint density at radius 3 is 2.44 bits per heavy atom. The van der Waals surface area contributed by atoms with Crippen LogP contribution in [0.25, 0.3) is 0 Å². The summed E-state index contributed by atoms with van der Waals surface area (Å²) in [4.78, 5) is 0. The van der Waals surface area contributed by atoms with Crippen LogP contribution in [0, 0.1) is 11.6 Å². The lowest BCUT2D eigenvalue weighted by atomic mass is 10.2. The van der Waals surface area contributed by atoms with E-state index in [0.29, 0.717) is 0 Å². The van der Waals surface area contributed by atoms with E-state index in [-0.39, 0.29) is 18.7 Å². The number of halogens is 5. The molecule has 0 fully saturated rings. The Balaban J connectivity index is 2.41. The topological polar surface area (TPSA) is 12.0 Å². The van der Waals surface area contributed by atoms with Crippen molar-refractivity contribution in [3.8, 4) is 0 Å². The summed E-state index contributed by atoms with van der Waals surface area (Å²) < 4.78 is 61.0. The molecule has 0 spiro atoms. The van der Waals surface area contributed by atoms with Gasteiger partial charge in [0.25, 0.3) is 0 Å². The highest BCUT2D eigenvalue weighted by Crippen LogP contribution is 2.22. The predicted octanol–water partition coefficient (Wildman–Crippen LogP) is 3.72. The van der Waals surface area contributed by atoms with Crippen molar-refractivity contribution < 1.29 is 22.0 Å². The molecule has 0 radical (unpaired) electrons. The predicted molar refractivity (Wildman–Crippen MR) is 50.1 cm³/mol. The standard InChI is InChI=1S/C10H10F5N/c11-7-3-1-4-8(9(7)12)16-6-2-5-10(13,14)15/h1,3-4,16H,2,5-6H2. The first-order valence-corrected chi connectivity index (χ1v) is 4.65. The Morgan fingerprint density at radius 2 is 1.81 bits per heavy atom. The Labute approximate surface area is 89.3 Å². The smallest absolute Gasteiger partial charge is 0.383 e. The number of nitrogens with one attached hydrogen (secondary N) is 1. The van der Waals surface area contributed by atoms with Gasteiger partial charge in [0.1, 0.15) is 0 Å². The Kier molecular flexibility index (Phi) is 4.09. The lowest BCUT2D eigenvalue weighted by molar-refractivity contribution is -0.134. The van der Waals surface area contributed by atoms with Gasteiger partial charge in [-0.15, -0.1) is 0 Å². The van der Waals surface area contributed by atoms with Gasteiger partial charge in [0, 0.05) is 13.0 Å². The minimum absolute atomic E-state index is 0.0557. The second kappa shape index (κ2) is 5.14. The second-order valence-electron chi connectivity index (χ2n) is 3.25. The highest BCUT2D eigenvalue weighted by Gasteiger charge is 2.25. The van der Waals surface area contributed by atoms with Crippen molar-refractivity contribution >= 4 is 5.69 Å². The molecule has 0 amide bonds. The van der Waals surface area contributed by atoms with Crippen LogP contribution in [-0.4, -0.2) is 12.7 Å². The molecule has 16 heavy (non-hydrogen) atoms. The van der Waals surface area contributed by atoms with Crippen LogP contribution in [0.5, 0.6) is 0 Å². The third-order valence-corrected chi connectivity index (χ3v) is 1.90. The van der Waals surface area contributed by atoms with Crippen molar-refractivity contribution in [1.82, 2.24) is 0 Å². The first-order chi connectivity index (χ1) is 7.40.